The maximum atomic E-state index is 11.6. The van der Waals surface area contributed by atoms with E-state index in [-0.39, 0.29) is 20.4 Å². The van der Waals surface area contributed by atoms with Gasteiger partial charge < -0.3 is 10.2 Å². The zero-order chi connectivity index (χ0) is 30.7. The zero-order valence-electron chi connectivity index (χ0n) is 24.1. The molecule has 2 N–H and O–H groups in total. The molecule has 6 aromatic carbocycles. The Bertz CT molecular complexity index is 1600. The minimum absolute atomic E-state index is 0. The summed E-state index contributed by atoms with van der Waals surface area (Å²) >= 11 is 0. The van der Waals surface area contributed by atoms with Gasteiger partial charge in [0.2, 0.25) is 0 Å². The van der Waals surface area contributed by atoms with Crippen molar-refractivity contribution in [2.24, 2.45) is 0 Å². The number of carboxylic acid groups (broad SMARTS) is 2. The average Bonchev–Trinajstić information content (AvgIpc) is 3.08. The molecule has 6 rings (SSSR count). The molecule has 45 heavy (non-hydrogen) atoms. The van der Waals surface area contributed by atoms with Crippen molar-refractivity contribution in [3.8, 4) is 0 Å². The molecule has 7 heteroatoms. The Morgan fingerprint density at radius 2 is 0.578 bits per heavy atom. The van der Waals surface area contributed by atoms with Gasteiger partial charge >= 0.3 is 11.9 Å². The van der Waals surface area contributed by atoms with Crippen LogP contribution >= 0.6 is 15.8 Å². The number of hydrogen-bond acceptors (Lipinski definition) is 2. The molecule has 0 radical (unpaired) electrons. The molecule has 0 saturated carbocycles. The first-order chi connectivity index (χ1) is 21.5. The van der Waals surface area contributed by atoms with Gasteiger partial charge in [-0.15, -0.1) is 0 Å². The smallest absolute Gasteiger partial charge is 0.336 e. The number of aromatic carboxylic acids is 2. The predicted molar refractivity (Wildman–Crippen MR) is 184 cm³/mol. The van der Waals surface area contributed by atoms with Gasteiger partial charge in [-0.1, -0.05) is 158 Å². The van der Waals surface area contributed by atoms with Crippen LogP contribution in [0.3, 0.4) is 0 Å². The van der Waals surface area contributed by atoms with Crippen molar-refractivity contribution in [1.29, 1.82) is 0 Å². The van der Waals surface area contributed by atoms with Gasteiger partial charge in [0, 0.05) is 20.4 Å². The fraction of sp³-hybridized carbons (Fsp3) is 0. The minimum atomic E-state index is -0.880. The Morgan fingerprint density at radius 1 is 0.356 bits per heavy atom. The van der Waals surface area contributed by atoms with E-state index in [1.165, 1.54) is 0 Å². The molecule has 226 valence electrons. The van der Waals surface area contributed by atoms with Crippen molar-refractivity contribution in [3.63, 3.8) is 0 Å². The van der Waals surface area contributed by atoms with Crippen molar-refractivity contribution < 1.29 is 40.2 Å². The van der Waals surface area contributed by atoms with Crippen molar-refractivity contribution in [1.82, 2.24) is 0 Å². The van der Waals surface area contributed by atoms with Crippen LogP contribution in [0.2, 0.25) is 0 Å². The Balaban J connectivity index is 0.000000200. The zero-order valence-corrected chi connectivity index (χ0v) is 27.4. The van der Waals surface area contributed by atoms with Gasteiger partial charge in [0.25, 0.3) is 0 Å². The molecule has 0 heterocycles. The topological polar surface area (TPSA) is 74.6 Å². The maximum Gasteiger partial charge on any atom is 0.336 e. The van der Waals surface area contributed by atoms with Crippen LogP contribution in [0.1, 0.15) is 20.7 Å². The third-order valence-corrected chi connectivity index (χ3v) is 11.8. The number of carbonyl (C=O) groups is 2. The van der Waals surface area contributed by atoms with Gasteiger partial charge in [0.15, 0.2) is 0 Å². The summed E-state index contributed by atoms with van der Waals surface area (Å²) < 4.78 is 0. The SMILES string of the molecule is O=C(O)c1ccccc1P(c1ccccc1)c1ccccc1.O=C(O)c1ccccc1P(c1ccccc1)c1ccccc1.[Pd]. The van der Waals surface area contributed by atoms with Gasteiger partial charge in [-0.25, -0.2) is 9.59 Å². The van der Waals surface area contributed by atoms with Crippen LogP contribution in [0.4, 0.5) is 0 Å². The summed E-state index contributed by atoms with van der Waals surface area (Å²) in [7, 11) is -1.76. The van der Waals surface area contributed by atoms with E-state index >= 15 is 0 Å². The third kappa shape index (κ3) is 8.49. The molecular weight excluding hydrogens is 689 g/mol. The van der Waals surface area contributed by atoms with Gasteiger partial charge in [0.05, 0.1) is 11.1 Å². The summed E-state index contributed by atoms with van der Waals surface area (Å²) in [4.78, 5) is 23.2. The summed E-state index contributed by atoms with van der Waals surface area (Å²) in [6.07, 6.45) is 0. The monoisotopic (exact) mass is 718 g/mol. The summed E-state index contributed by atoms with van der Waals surface area (Å²) in [5.74, 6) is -1.76. The summed E-state index contributed by atoms with van der Waals surface area (Å²) in [6, 6.07) is 55.0. The molecular formula is C38H30O4P2Pd. The average molecular weight is 719 g/mol. The molecule has 0 atom stereocenters. The first-order valence-electron chi connectivity index (χ1n) is 14.0. The third-order valence-electron chi connectivity index (χ3n) is 6.81. The molecule has 0 fully saturated rings. The first-order valence-corrected chi connectivity index (χ1v) is 16.7. The molecule has 0 amide bonds. The number of carboxylic acids is 2. The molecule has 4 nitrogen and oxygen atoms in total. The largest absolute Gasteiger partial charge is 0.478 e. The molecule has 0 aliphatic rings. The Labute approximate surface area is 279 Å². The van der Waals surface area contributed by atoms with Crippen LogP contribution in [-0.4, -0.2) is 22.2 Å². The molecule has 0 aromatic heterocycles. The van der Waals surface area contributed by atoms with E-state index in [9.17, 15) is 19.8 Å². The minimum Gasteiger partial charge on any atom is -0.478 e. The standard InChI is InChI=1S/2C19H15O2P.Pd/c2*20-19(21)17-13-7-8-14-18(17)22(15-9-3-1-4-10-15)16-11-5-2-6-12-16;/h2*1-14H,(H,20,21);. The number of hydrogen-bond donors (Lipinski definition) is 2. The van der Waals surface area contributed by atoms with Crippen LogP contribution in [0, 0.1) is 0 Å². The Hall–Kier alpha value is -4.22. The van der Waals surface area contributed by atoms with Crippen LogP contribution in [-0.2, 0) is 20.4 Å². The van der Waals surface area contributed by atoms with E-state index in [1.54, 1.807) is 24.3 Å². The van der Waals surface area contributed by atoms with E-state index < -0.39 is 27.8 Å². The number of rotatable bonds is 8. The summed E-state index contributed by atoms with van der Waals surface area (Å²) in [6.45, 7) is 0. The van der Waals surface area contributed by atoms with Crippen molar-refractivity contribution in [2.75, 3.05) is 0 Å². The second-order valence-electron chi connectivity index (χ2n) is 9.66. The quantitative estimate of drug-likeness (QED) is 0.144. The van der Waals surface area contributed by atoms with E-state index in [2.05, 4.69) is 48.5 Å². The molecule has 0 spiro atoms. The van der Waals surface area contributed by atoms with Gasteiger partial charge in [-0.2, -0.15) is 0 Å². The van der Waals surface area contributed by atoms with Gasteiger partial charge in [0.1, 0.15) is 0 Å². The van der Waals surface area contributed by atoms with Gasteiger partial charge in [-0.05, 0) is 59.8 Å². The van der Waals surface area contributed by atoms with E-state index in [1.807, 2.05) is 97.1 Å². The van der Waals surface area contributed by atoms with Gasteiger partial charge in [-0.3, -0.25) is 0 Å². The fourth-order valence-corrected chi connectivity index (χ4v) is 9.74. The molecule has 6 aromatic rings. The fourth-order valence-electron chi connectivity index (χ4n) is 4.86. The molecule has 0 aliphatic heterocycles. The van der Waals surface area contributed by atoms with Crippen molar-refractivity contribution in [3.05, 3.63) is 181 Å². The first kappa shape index (κ1) is 33.7. The van der Waals surface area contributed by atoms with Crippen LogP contribution in [0.25, 0.3) is 0 Å². The molecule has 0 saturated heterocycles. The number of benzene rings is 6. The molecule has 0 aliphatic carbocycles. The maximum absolute atomic E-state index is 11.6. The normalized spacial score (nSPS) is 10.4. The van der Waals surface area contributed by atoms with E-state index in [0.29, 0.717) is 11.1 Å². The van der Waals surface area contributed by atoms with Crippen molar-refractivity contribution in [2.45, 2.75) is 0 Å². The van der Waals surface area contributed by atoms with E-state index in [4.69, 9.17) is 0 Å². The molecule has 0 unspecified atom stereocenters. The summed E-state index contributed by atoms with van der Waals surface area (Å²) in [5, 5.41) is 25.4. The molecule has 0 bridgehead atoms. The second-order valence-corrected chi connectivity index (χ2v) is 14.0. The summed E-state index contributed by atoms with van der Waals surface area (Å²) in [5.41, 5.74) is 0.752. The second kappa shape index (κ2) is 16.7. The Kier molecular flexibility index (Phi) is 12.5. The van der Waals surface area contributed by atoms with Crippen LogP contribution in [0.15, 0.2) is 170 Å². The van der Waals surface area contributed by atoms with Crippen LogP contribution < -0.4 is 31.8 Å². The van der Waals surface area contributed by atoms with E-state index in [0.717, 1.165) is 31.8 Å². The van der Waals surface area contributed by atoms with Crippen molar-refractivity contribution >= 4 is 59.6 Å². The predicted octanol–water partition coefficient (Wildman–Crippen LogP) is 6.28. The van der Waals surface area contributed by atoms with Crippen LogP contribution in [0.5, 0.6) is 0 Å². The Morgan fingerprint density at radius 3 is 0.822 bits per heavy atom.